The van der Waals surface area contributed by atoms with Gasteiger partial charge in [-0.1, -0.05) is 40.9 Å². The van der Waals surface area contributed by atoms with E-state index >= 15 is 0 Å². The molecule has 1 heterocycles. The van der Waals surface area contributed by atoms with Crippen LogP contribution in [0.25, 0.3) is 5.69 Å². The fourth-order valence-electron chi connectivity index (χ4n) is 1.12. The SMILES string of the molecule is Clc1cccc(-n2nc(Cl)cc2Cl)c1. The molecule has 0 unspecified atom stereocenters. The van der Waals surface area contributed by atoms with Gasteiger partial charge in [-0.25, -0.2) is 4.68 Å². The quantitative estimate of drug-likeness (QED) is 0.749. The van der Waals surface area contributed by atoms with Crippen LogP contribution in [-0.2, 0) is 0 Å². The molecule has 0 amide bonds. The summed E-state index contributed by atoms with van der Waals surface area (Å²) in [5.74, 6) is 0. The van der Waals surface area contributed by atoms with Crippen LogP contribution in [0.15, 0.2) is 30.3 Å². The third kappa shape index (κ3) is 1.87. The molecule has 0 aliphatic heterocycles. The fourth-order valence-corrected chi connectivity index (χ4v) is 1.78. The molecule has 1 aromatic heterocycles. The lowest BCUT2D eigenvalue weighted by Crippen LogP contribution is -1.95. The summed E-state index contributed by atoms with van der Waals surface area (Å²) in [5, 5.41) is 5.46. The van der Waals surface area contributed by atoms with E-state index in [1.807, 2.05) is 12.1 Å². The molecule has 0 aliphatic rings. The second kappa shape index (κ2) is 3.81. The van der Waals surface area contributed by atoms with E-state index in [2.05, 4.69) is 5.10 Å². The lowest BCUT2D eigenvalue weighted by Gasteiger charge is -2.02. The van der Waals surface area contributed by atoms with Crippen molar-refractivity contribution in [3.8, 4) is 5.69 Å². The maximum Gasteiger partial charge on any atom is 0.153 e. The lowest BCUT2D eigenvalue weighted by atomic mass is 10.3. The highest BCUT2D eigenvalue weighted by atomic mass is 35.5. The van der Waals surface area contributed by atoms with Crippen molar-refractivity contribution in [2.24, 2.45) is 0 Å². The van der Waals surface area contributed by atoms with Crippen LogP contribution in [-0.4, -0.2) is 9.78 Å². The van der Waals surface area contributed by atoms with Crippen LogP contribution in [0.5, 0.6) is 0 Å². The molecule has 14 heavy (non-hydrogen) atoms. The van der Waals surface area contributed by atoms with Gasteiger partial charge in [-0.3, -0.25) is 0 Å². The number of nitrogens with zero attached hydrogens (tertiary/aromatic N) is 2. The van der Waals surface area contributed by atoms with Crippen molar-refractivity contribution in [1.29, 1.82) is 0 Å². The molecular weight excluding hydrogens is 242 g/mol. The molecule has 2 rings (SSSR count). The zero-order chi connectivity index (χ0) is 10.1. The summed E-state index contributed by atoms with van der Waals surface area (Å²) in [6.45, 7) is 0. The maximum atomic E-state index is 5.90. The maximum absolute atomic E-state index is 5.90. The van der Waals surface area contributed by atoms with Crippen molar-refractivity contribution >= 4 is 34.8 Å². The van der Waals surface area contributed by atoms with Gasteiger partial charge in [-0.2, -0.15) is 5.10 Å². The monoisotopic (exact) mass is 246 g/mol. The first-order valence-corrected chi connectivity index (χ1v) is 4.97. The topological polar surface area (TPSA) is 17.8 Å². The summed E-state index contributed by atoms with van der Waals surface area (Å²) in [7, 11) is 0. The van der Waals surface area contributed by atoms with Crippen LogP contribution < -0.4 is 0 Å². The van der Waals surface area contributed by atoms with Gasteiger partial charge in [-0.15, -0.1) is 0 Å². The normalized spacial score (nSPS) is 10.5. The van der Waals surface area contributed by atoms with Gasteiger partial charge in [0.05, 0.1) is 5.69 Å². The standard InChI is InChI=1S/C9H5Cl3N2/c10-6-2-1-3-7(4-6)14-9(12)5-8(11)13-14/h1-5H. The van der Waals surface area contributed by atoms with E-state index in [0.29, 0.717) is 15.3 Å². The summed E-state index contributed by atoms with van der Waals surface area (Å²) in [5.41, 5.74) is 0.786. The van der Waals surface area contributed by atoms with Gasteiger partial charge < -0.3 is 0 Å². The van der Waals surface area contributed by atoms with Gasteiger partial charge in [0.15, 0.2) is 5.15 Å². The largest absolute Gasteiger partial charge is 0.221 e. The van der Waals surface area contributed by atoms with E-state index in [4.69, 9.17) is 34.8 Å². The Balaban J connectivity index is 2.54. The molecule has 0 aliphatic carbocycles. The highest BCUT2D eigenvalue weighted by Crippen LogP contribution is 2.21. The molecule has 1 aromatic carbocycles. The third-order valence-electron chi connectivity index (χ3n) is 1.69. The van der Waals surface area contributed by atoms with Crippen molar-refractivity contribution in [2.75, 3.05) is 0 Å². The van der Waals surface area contributed by atoms with Crippen LogP contribution in [0, 0.1) is 0 Å². The van der Waals surface area contributed by atoms with Crippen LogP contribution in [0.4, 0.5) is 0 Å². The number of benzene rings is 1. The molecule has 5 heteroatoms. The first kappa shape index (κ1) is 9.84. The Bertz CT molecular complexity index is 465. The van der Waals surface area contributed by atoms with Crippen LogP contribution in [0.3, 0.4) is 0 Å². The first-order valence-electron chi connectivity index (χ1n) is 3.84. The summed E-state index contributed by atoms with van der Waals surface area (Å²) in [4.78, 5) is 0. The van der Waals surface area contributed by atoms with Crippen LogP contribution in [0.2, 0.25) is 15.3 Å². The average Bonchev–Trinajstić information content (AvgIpc) is 2.45. The van der Waals surface area contributed by atoms with Crippen LogP contribution >= 0.6 is 34.8 Å². The van der Waals surface area contributed by atoms with Crippen molar-refractivity contribution in [2.45, 2.75) is 0 Å². The summed E-state index contributed by atoms with van der Waals surface area (Å²) in [6, 6.07) is 8.79. The summed E-state index contributed by atoms with van der Waals surface area (Å²) < 4.78 is 1.52. The van der Waals surface area contributed by atoms with E-state index in [1.165, 1.54) is 4.68 Å². The molecular formula is C9H5Cl3N2. The van der Waals surface area contributed by atoms with Crippen molar-refractivity contribution in [3.63, 3.8) is 0 Å². The van der Waals surface area contributed by atoms with Gasteiger partial charge in [0.25, 0.3) is 0 Å². The Morgan fingerprint density at radius 1 is 1.07 bits per heavy atom. The summed E-state index contributed by atoms with van der Waals surface area (Å²) in [6.07, 6.45) is 0. The van der Waals surface area contributed by atoms with E-state index in [-0.39, 0.29) is 0 Å². The minimum absolute atomic E-state index is 0.356. The van der Waals surface area contributed by atoms with Crippen molar-refractivity contribution in [3.05, 3.63) is 45.7 Å². The van der Waals surface area contributed by atoms with E-state index < -0.39 is 0 Å². The highest BCUT2D eigenvalue weighted by molar-refractivity contribution is 6.33. The molecule has 0 bridgehead atoms. The Hall–Kier alpha value is -0.700. The lowest BCUT2D eigenvalue weighted by molar-refractivity contribution is 0.882. The number of hydrogen-bond donors (Lipinski definition) is 0. The van der Waals surface area contributed by atoms with Crippen LogP contribution in [0.1, 0.15) is 0 Å². The third-order valence-corrected chi connectivity index (χ3v) is 2.38. The second-order valence-corrected chi connectivity index (χ2v) is 3.89. The average molecular weight is 248 g/mol. The number of halogens is 3. The number of hydrogen-bond acceptors (Lipinski definition) is 1. The zero-order valence-corrected chi connectivity index (χ0v) is 9.18. The predicted molar refractivity (Wildman–Crippen MR) is 58.6 cm³/mol. The highest BCUT2D eigenvalue weighted by Gasteiger charge is 2.05. The number of aromatic nitrogens is 2. The van der Waals surface area contributed by atoms with E-state index in [0.717, 1.165) is 5.69 Å². The van der Waals surface area contributed by atoms with Crippen molar-refractivity contribution in [1.82, 2.24) is 9.78 Å². The Morgan fingerprint density at radius 3 is 2.43 bits per heavy atom. The Kier molecular flexibility index (Phi) is 2.68. The predicted octanol–water partition coefficient (Wildman–Crippen LogP) is 3.83. The minimum atomic E-state index is 0.356. The van der Waals surface area contributed by atoms with E-state index in [1.54, 1.807) is 18.2 Å². The van der Waals surface area contributed by atoms with Gasteiger partial charge in [-0.05, 0) is 18.2 Å². The fraction of sp³-hybridized carbons (Fsp3) is 0. The molecule has 0 N–H and O–H groups in total. The molecule has 0 spiro atoms. The summed E-state index contributed by atoms with van der Waals surface area (Å²) >= 11 is 17.4. The molecule has 0 fully saturated rings. The second-order valence-electron chi connectivity index (χ2n) is 2.68. The minimum Gasteiger partial charge on any atom is -0.221 e. The number of rotatable bonds is 1. The molecule has 72 valence electrons. The molecule has 2 aromatic rings. The van der Waals surface area contributed by atoms with Crippen molar-refractivity contribution < 1.29 is 0 Å². The Labute approximate surface area is 96.0 Å². The first-order chi connectivity index (χ1) is 6.66. The van der Waals surface area contributed by atoms with E-state index in [9.17, 15) is 0 Å². The molecule has 0 saturated carbocycles. The van der Waals surface area contributed by atoms with Gasteiger partial charge in [0, 0.05) is 11.1 Å². The Morgan fingerprint density at radius 2 is 1.86 bits per heavy atom. The smallest absolute Gasteiger partial charge is 0.153 e. The molecule has 0 atom stereocenters. The van der Waals surface area contributed by atoms with Gasteiger partial charge >= 0.3 is 0 Å². The van der Waals surface area contributed by atoms with Gasteiger partial charge in [0.2, 0.25) is 0 Å². The van der Waals surface area contributed by atoms with Gasteiger partial charge in [0.1, 0.15) is 5.15 Å². The molecule has 2 nitrogen and oxygen atoms in total. The molecule has 0 saturated heterocycles. The zero-order valence-electron chi connectivity index (χ0n) is 6.92. The molecule has 0 radical (unpaired) electrons.